The maximum atomic E-state index is 14.7. The van der Waals surface area contributed by atoms with Gasteiger partial charge in [0.15, 0.2) is 9.49 Å². The molecule has 0 radical (unpaired) electrons. The Balaban J connectivity index is 6.60. The van der Waals surface area contributed by atoms with Crippen LogP contribution in [0.3, 0.4) is 0 Å². The second kappa shape index (κ2) is 5.47. The molecule has 1 unspecified atom stereocenters. The van der Waals surface area contributed by atoms with Crippen LogP contribution in [-0.4, -0.2) is 41.4 Å². The molecule has 0 amide bonds. The molecule has 0 aromatic heterocycles. The molecule has 0 aliphatic carbocycles. The van der Waals surface area contributed by atoms with Gasteiger partial charge >= 0.3 is 0 Å². The minimum atomic E-state index is -5.26. The first-order chi connectivity index (χ1) is 8.68. The molecule has 0 saturated carbocycles. The van der Waals surface area contributed by atoms with Gasteiger partial charge in [0.2, 0.25) is 0 Å². The molecule has 10 heteroatoms. The average Bonchev–Trinajstić information content (AvgIpc) is 2.26. The number of rotatable bonds is 7. The molecule has 0 aliphatic rings. The first-order valence-corrected chi connectivity index (χ1v) is 8.88. The van der Waals surface area contributed by atoms with Crippen molar-refractivity contribution < 1.29 is 34.7 Å². The second-order valence-corrected chi connectivity index (χ2v) is 8.39. The van der Waals surface area contributed by atoms with Gasteiger partial charge in [-0.05, 0) is 26.2 Å². The fraction of sp³-hybridized carbons (Fsp3) is 1.00. The van der Waals surface area contributed by atoms with E-state index in [2.05, 4.69) is 0 Å². The van der Waals surface area contributed by atoms with Crippen LogP contribution in [0.2, 0.25) is 0 Å². The molecule has 0 fully saturated rings. The van der Waals surface area contributed by atoms with Crippen molar-refractivity contribution in [3.8, 4) is 0 Å². The molecule has 0 saturated heterocycles. The van der Waals surface area contributed by atoms with Crippen molar-refractivity contribution in [2.75, 3.05) is 0 Å². The predicted molar refractivity (Wildman–Crippen MR) is 70.1 cm³/mol. The van der Waals surface area contributed by atoms with E-state index < -0.39 is 54.9 Å². The first kappa shape index (κ1) is 19.7. The lowest BCUT2D eigenvalue weighted by atomic mass is 9.84. The second-order valence-electron chi connectivity index (χ2n) is 4.81. The van der Waals surface area contributed by atoms with E-state index in [1.165, 1.54) is 0 Å². The van der Waals surface area contributed by atoms with E-state index in [4.69, 9.17) is 4.55 Å². The average molecular weight is 338 g/mol. The molecular weight excluding hydrogens is 318 g/mol. The van der Waals surface area contributed by atoms with Crippen molar-refractivity contribution in [1.82, 2.24) is 0 Å². The summed E-state index contributed by atoms with van der Waals surface area (Å²) in [6, 6.07) is 0. The SMILES string of the molecule is CCC(C)(C(F)(F)C(CC)(CC)S(=O)(=O)O)S(=O)(=O)O. The molecule has 0 aromatic rings. The standard InChI is InChI=1S/C10H20F2O6S2/c1-5-8(4,19(13,14)15)10(11,12)9(6-2,7-3)20(16,17)18/h5-7H2,1-4H3,(H,13,14,15)(H,16,17,18). The zero-order chi connectivity index (χ0) is 16.6. The lowest BCUT2D eigenvalue weighted by Crippen LogP contribution is -2.66. The number of hydrogen-bond donors (Lipinski definition) is 2. The zero-order valence-corrected chi connectivity index (χ0v) is 13.4. The van der Waals surface area contributed by atoms with Crippen LogP contribution >= 0.6 is 0 Å². The van der Waals surface area contributed by atoms with E-state index in [-0.39, 0.29) is 0 Å². The van der Waals surface area contributed by atoms with Gasteiger partial charge in [0, 0.05) is 0 Å². The van der Waals surface area contributed by atoms with Crippen LogP contribution in [0.25, 0.3) is 0 Å². The van der Waals surface area contributed by atoms with Gasteiger partial charge in [-0.1, -0.05) is 20.8 Å². The van der Waals surface area contributed by atoms with E-state index in [0.29, 0.717) is 6.92 Å². The Morgan fingerprint density at radius 2 is 1.20 bits per heavy atom. The molecule has 20 heavy (non-hydrogen) atoms. The van der Waals surface area contributed by atoms with Gasteiger partial charge < -0.3 is 0 Å². The fourth-order valence-electron chi connectivity index (χ4n) is 2.27. The molecule has 0 bridgehead atoms. The lowest BCUT2D eigenvalue weighted by Gasteiger charge is -2.44. The highest BCUT2D eigenvalue weighted by atomic mass is 32.2. The summed E-state index contributed by atoms with van der Waals surface area (Å²) in [5.74, 6) is -4.39. The molecule has 1 atom stereocenters. The molecule has 0 spiro atoms. The third-order valence-corrected chi connectivity index (χ3v) is 7.62. The minimum absolute atomic E-state index is 0.563. The van der Waals surface area contributed by atoms with Crippen molar-refractivity contribution >= 4 is 20.2 Å². The highest BCUT2D eigenvalue weighted by Crippen LogP contribution is 2.51. The Kier molecular flexibility index (Phi) is 5.38. The van der Waals surface area contributed by atoms with Crippen LogP contribution in [0, 0.1) is 0 Å². The summed E-state index contributed by atoms with van der Waals surface area (Å²) in [6.07, 6.45) is -2.14. The molecule has 0 aliphatic heterocycles. The molecule has 0 aromatic carbocycles. The van der Waals surface area contributed by atoms with E-state index in [1.807, 2.05) is 0 Å². The number of alkyl halides is 2. The summed E-state index contributed by atoms with van der Waals surface area (Å²) >= 11 is 0. The summed E-state index contributed by atoms with van der Waals surface area (Å²) in [5, 5.41) is 0. The monoisotopic (exact) mass is 338 g/mol. The summed E-state index contributed by atoms with van der Waals surface area (Å²) in [4.78, 5) is 0. The molecule has 0 rings (SSSR count). The smallest absolute Gasteiger partial charge is 0.285 e. The molecule has 2 N–H and O–H groups in total. The number of halogens is 2. The molecule has 0 heterocycles. The van der Waals surface area contributed by atoms with Crippen molar-refractivity contribution in [1.29, 1.82) is 0 Å². The molecule has 6 nitrogen and oxygen atoms in total. The van der Waals surface area contributed by atoms with Crippen LogP contribution < -0.4 is 0 Å². The van der Waals surface area contributed by atoms with Gasteiger partial charge in [0.05, 0.1) is 0 Å². The van der Waals surface area contributed by atoms with Gasteiger partial charge in [0.1, 0.15) is 0 Å². The van der Waals surface area contributed by atoms with Crippen LogP contribution in [-0.2, 0) is 20.2 Å². The summed E-state index contributed by atoms with van der Waals surface area (Å²) in [5.41, 5.74) is 0. The van der Waals surface area contributed by atoms with Crippen molar-refractivity contribution in [2.45, 2.75) is 62.4 Å². The van der Waals surface area contributed by atoms with E-state index in [9.17, 15) is 30.2 Å². The van der Waals surface area contributed by atoms with Crippen LogP contribution in [0.5, 0.6) is 0 Å². The quantitative estimate of drug-likeness (QED) is 0.688. The Bertz CT molecular complexity index is 550. The lowest BCUT2D eigenvalue weighted by molar-refractivity contribution is -0.0845. The van der Waals surface area contributed by atoms with E-state index in [0.717, 1.165) is 20.8 Å². The zero-order valence-electron chi connectivity index (χ0n) is 11.7. The number of hydrogen-bond acceptors (Lipinski definition) is 4. The minimum Gasteiger partial charge on any atom is -0.285 e. The van der Waals surface area contributed by atoms with Crippen molar-refractivity contribution in [3.05, 3.63) is 0 Å². The first-order valence-electron chi connectivity index (χ1n) is 6.00. The Morgan fingerprint density at radius 1 is 0.850 bits per heavy atom. The summed E-state index contributed by atoms with van der Waals surface area (Å²) in [7, 11) is -10.5. The third-order valence-electron chi connectivity index (χ3n) is 4.12. The van der Waals surface area contributed by atoms with Gasteiger partial charge in [0.25, 0.3) is 26.2 Å². The summed E-state index contributed by atoms with van der Waals surface area (Å²) in [6.45, 7) is 3.85. The molecule has 122 valence electrons. The van der Waals surface area contributed by atoms with Crippen molar-refractivity contribution in [2.24, 2.45) is 0 Å². The fourth-order valence-corrected chi connectivity index (χ4v) is 4.50. The van der Waals surface area contributed by atoms with Crippen molar-refractivity contribution in [3.63, 3.8) is 0 Å². The van der Waals surface area contributed by atoms with Gasteiger partial charge in [-0.3, -0.25) is 9.11 Å². The van der Waals surface area contributed by atoms with Gasteiger partial charge in [-0.25, -0.2) is 8.78 Å². The van der Waals surface area contributed by atoms with E-state index >= 15 is 0 Å². The third kappa shape index (κ3) is 2.46. The van der Waals surface area contributed by atoms with Crippen LogP contribution in [0.4, 0.5) is 8.78 Å². The van der Waals surface area contributed by atoms with Gasteiger partial charge in [-0.2, -0.15) is 16.8 Å². The highest BCUT2D eigenvalue weighted by molar-refractivity contribution is 7.88. The maximum absolute atomic E-state index is 14.7. The van der Waals surface area contributed by atoms with E-state index in [1.54, 1.807) is 0 Å². The highest BCUT2D eigenvalue weighted by Gasteiger charge is 2.71. The van der Waals surface area contributed by atoms with Crippen LogP contribution in [0.1, 0.15) is 47.0 Å². The Hall–Kier alpha value is -0.320. The largest absolute Gasteiger partial charge is 0.291 e. The topological polar surface area (TPSA) is 109 Å². The van der Waals surface area contributed by atoms with Gasteiger partial charge in [-0.15, -0.1) is 0 Å². The normalized spacial score (nSPS) is 17.8. The predicted octanol–water partition coefficient (Wildman–Crippen LogP) is 2.12. The Labute approximate surface area is 118 Å². The molecular formula is C10H20F2O6S2. The Morgan fingerprint density at radius 3 is 1.35 bits per heavy atom. The maximum Gasteiger partial charge on any atom is 0.291 e. The summed E-state index contributed by atoms with van der Waals surface area (Å²) < 4.78 is 87.3. The van der Waals surface area contributed by atoms with Crippen LogP contribution in [0.15, 0.2) is 0 Å².